The van der Waals surface area contributed by atoms with Crippen molar-refractivity contribution in [3.63, 3.8) is 0 Å². The molecule has 0 bridgehead atoms. The maximum atomic E-state index is 8.48. The van der Waals surface area contributed by atoms with E-state index in [1.165, 1.54) is 0 Å². The molecule has 0 aromatic heterocycles. The van der Waals surface area contributed by atoms with Crippen LogP contribution in [0.1, 0.15) is 11.1 Å². The first-order valence-electron chi connectivity index (χ1n) is 3.43. The zero-order chi connectivity index (χ0) is 8.81. The van der Waals surface area contributed by atoms with E-state index in [2.05, 4.69) is 11.4 Å². The molecule has 0 heterocycles. The summed E-state index contributed by atoms with van der Waals surface area (Å²) < 4.78 is 0. The molecule has 0 saturated carbocycles. The predicted molar refractivity (Wildman–Crippen MR) is 44.1 cm³/mol. The molecule has 0 fully saturated rings. The van der Waals surface area contributed by atoms with Crippen LogP contribution in [0.5, 0.6) is 0 Å². The summed E-state index contributed by atoms with van der Waals surface area (Å²) >= 11 is 0. The van der Waals surface area contributed by atoms with E-state index in [0.29, 0.717) is 12.0 Å². The van der Waals surface area contributed by atoms with Crippen molar-refractivity contribution in [3.8, 4) is 6.07 Å². The average Bonchev–Trinajstić information content (AvgIpc) is 2.15. The quantitative estimate of drug-likeness (QED) is 0.403. The summed E-state index contributed by atoms with van der Waals surface area (Å²) in [6.45, 7) is 0. The maximum Gasteiger partial charge on any atom is 0.109 e. The van der Waals surface area contributed by atoms with Crippen LogP contribution >= 0.6 is 0 Å². The molecule has 3 heteroatoms. The van der Waals surface area contributed by atoms with Crippen LogP contribution in [-0.4, -0.2) is 11.4 Å². The number of rotatable bonds is 2. The van der Waals surface area contributed by atoms with Gasteiger partial charge in [0.15, 0.2) is 0 Å². The lowest BCUT2D eigenvalue weighted by Gasteiger charge is -1.93. The first-order valence-corrected chi connectivity index (χ1v) is 3.43. The third-order valence-corrected chi connectivity index (χ3v) is 1.44. The largest absolute Gasteiger partial charge is 0.411 e. The Morgan fingerprint density at radius 3 is 2.50 bits per heavy atom. The van der Waals surface area contributed by atoms with Gasteiger partial charge < -0.3 is 5.21 Å². The molecule has 3 nitrogen and oxygen atoms in total. The lowest BCUT2D eigenvalue weighted by atomic mass is 10.1. The van der Waals surface area contributed by atoms with E-state index < -0.39 is 0 Å². The summed E-state index contributed by atoms with van der Waals surface area (Å²) in [5, 5.41) is 19.3. The van der Waals surface area contributed by atoms with Gasteiger partial charge in [-0.25, -0.2) is 0 Å². The smallest absolute Gasteiger partial charge is 0.109 e. The SMILES string of the molecule is N#Cc1ccc(C[C]=NO)cc1. The third-order valence-electron chi connectivity index (χ3n) is 1.44. The molecule has 0 atom stereocenters. The normalized spacial score (nSPS) is 9.92. The summed E-state index contributed by atoms with van der Waals surface area (Å²) in [7, 11) is 0. The van der Waals surface area contributed by atoms with Gasteiger partial charge in [-0.05, 0) is 17.7 Å². The Hall–Kier alpha value is -1.82. The van der Waals surface area contributed by atoms with Crippen LogP contribution in [0.3, 0.4) is 0 Å². The second-order valence-corrected chi connectivity index (χ2v) is 2.24. The van der Waals surface area contributed by atoms with E-state index in [1.54, 1.807) is 24.3 Å². The highest BCUT2D eigenvalue weighted by atomic mass is 16.4. The monoisotopic (exact) mass is 159 g/mol. The summed E-state index contributed by atoms with van der Waals surface area (Å²) in [6.07, 6.45) is 2.86. The predicted octanol–water partition coefficient (Wildman–Crippen LogP) is 1.44. The van der Waals surface area contributed by atoms with E-state index >= 15 is 0 Å². The minimum Gasteiger partial charge on any atom is -0.411 e. The molecule has 1 radical (unpaired) electrons. The van der Waals surface area contributed by atoms with Crippen LogP contribution in [0.15, 0.2) is 29.4 Å². The molecule has 0 aliphatic rings. The van der Waals surface area contributed by atoms with Crippen molar-refractivity contribution in [2.45, 2.75) is 6.42 Å². The molecule has 0 spiro atoms. The number of hydrogen-bond donors (Lipinski definition) is 1. The van der Waals surface area contributed by atoms with E-state index in [0.717, 1.165) is 5.56 Å². The average molecular weight is 159 g/mol. The van der Waals surface area contributed by atoms with Gasteiger partial charge in [0.1, 0.15) is 6.21 Å². The Balaban J connectivity index is 2.73. The lowest BCUT2D eigenvalue weighted by molar-refractivity contribution is 0.321. The Morgan fingerprint density at radius 2 is 2.00 bits per heavy atom. The van der Waals surface area contributed by atoms with Crippen molar-refractivity contribution < 1.29 is 5.21 Å². The summed E-state index contributed by atoms with van der Waals surface area (Å²) in [4.78, 5) is 0. The van der Waals surface area contributed by atoms with Gasteiger partial charge in [0, 0.05) is 6.42 Å². The third kappa shape index (κ3) is 2.10. The Labute approximate surface area is 70.6 Å². The molecular formula is C9H7N2O. The molecule has 0 amide bonds. The molecule has 1 N–H and O–H groups in total. The second-order valence-electron chi connectivity index (χ2n) is 2.24. The van der Waals surface area contributed by atoms with Crippen molar-refractivity contribution in [1.82, 2.24) is 0 Å². The molecule has 12 heavy (non-hydrogen) atoms. The van der Waals surface area contributed by atoms with Crippen LogP contribution in [0.2, 0.25) is 0 Å². The van der Waals surface area contributed by atoms with Crippen molar-refractivity contribution >= 4 is 6.21 Å². The first-order chi connectivity index (χ1) is 5.86. The Kier molecular flexibility index (Phi) is 2.86. The maximum absolute atomic E-state index is 8.48. The van der Waals surface area contributed by atoms with Gasteiger partial charge in [-0.1, -0.05) is 17.3 Å². The zero-order valence-electron chi connectivity index (χ0n) is 6.36. The van der Waals surface area contributed by atoms with Crippen molar-refractivity contribution in [2.24, 2.45) is 5.16 Å². The van der Waals surface area contributed by atoms with Gasteiger partial charge in [-0.15, -0.1) is 0 Å². The van der Waals surface area contributed by atoms with Crippen LogP contribution in [0, 0.1) is 11.3 Å². The molecule has 0 aliphatic carbocycles. The second kappa shape index (κ2) is 4.14. The summed E-state index contributed by atoms with van der Waals surface area (Å²) in [5.74, 6) is 0. The van der Waals surface area contributed by atoms with Crippen molar-refractivity contribution in [3.05, 3.63) is 35.4 Å². The van der Waals surface area contributed by atoms with E-state index in [4.69, 9.17) is 10.5 Å². The standard InChI is InChI=1S/C9H7N2O/c10-7-9-3-1-8(2-4-9)5-6-11-12/h1-4,12H,5H2. The summed E-state index contributed by atoms with van der Waals surface area (Å²) in [6, 6.07) is 9.05. The van der Waals surface area contributed by atoms with Gasteiger partial charge in [0.05, 0.1) is 11.6 Å². The summed E-state index contributed by atoms with van der Waals surface area (Å²) in [5.41, 5.74) is 1.59. The molecule has 0 aliphatic heterocycles. The molecule has 1 aromatic rings. The molecule has 59 valence electrons. The Morgan fingerprint density at radius 1 is 1.33 bits per heavy atom. The van der Waals surface area contributed by atoms with Gasteiger partial charge in [-0.3, -0.25) is 0 Å². The van der Waals surface area contributed by atoms with Gasteiger partial charge in [-0.2, -0.15) is 5.26 Å². The Bertz CT molecular complexity index is 308. The van der Waals surface area contributed by atoms with Crippen molar-refractivity contribution in [2.75, 3.05) is 0 Å². The highest BCUT2D eigenvalue weighted by Crippen LogP contribution is 2.02. The number of nitrogens with zero attached hydrogens (tertiary/aromatic N) is 2. The molecule has 1 rings (SSSR count). The zero-order valence-corrected chi connectivity index (χ0v) is 6.36. The number of nitriles is 1. The van der Waals surface area contributed by atoms with Crippen LogP contribution in [0.4, 0.5) is 0 Å². The van der Waals surface area contributed by atoms with E-state index in [-0.39, 0.29) is 0 Å². The van der Waals surface area contributed by atoms with E-state index in [9.17, 15) is 0 Å². The fraction of sp³-hybridized carbons (Fsp3) is 0.111. The highest BCUT2D eigenvalue weighted by Gasteiger charge is 1.91. The lowest BCUT2D eigenvalue weighted by Crippen LogP contribution is -1.85. The van der Waals surface area contributed by atoms with Crippen LogP contribution < -0.4 is 0 Å². The molecule has 0 saturated heterocycles. The minimum absolute atomic E-state index is 0.461. The first kappa shape index (κ1) is 8.28. The van der Waals surface area contributed by atoms with E-state index in [1.807, 2.05) is 6.07 Å². The fourth-order valence-electron chi connectivity index (χ4n) is 0.824. The highest BCUT2D eigenvalue weighted by molar-refractivity contribution is 5.60. The molecule has 0 unspecified atom stereocenters. The van der Waals surface area contributed by atoms with Gasteiger partial charge >= 0.3 is 0 Å². The van der Waals surface area contributed by atoms with Crippen LogP contribution in [-0.2, 0) is 6.42 Å². The van der Waals surface area contributed by atoms with Gasteiger partial charge in [0.25, 0.3) is 0 Å². The number of benzene rings is 1. The van der Waals surface area contributed by atoms with Gasteiger partial charge in [0.2, 0.25) is 0 Å². The van der Waals surface area contributed by atoms with Crippen molar-refractivity contribution in [1.29, 1.82) is 5.26 Å². The topological polar surface area (TPSA) is 56.4 Å². The molecular weight excluding hydrogens is 152 g/mol. The fourth-order valence-corrected chi connectivity index (χ4v) is 0.824. The minimum atomic E-state index is 0.461. The molecule has 1 aromatic carbocycles. The number of hydrogen-bond acceptors (Lipinski definition) is 3. The van der Waals surface area contributed by atoms with Crippen LogP contribution in [0.25, 0.3) is 0 Å².